The normalized spacial score (nSPS) is 17.3. The molecule has 0 bridgehead atoms. The maximum Gasteiger partial charge on any atom is 0.255 e. The number of fused-ring (bicyclic) bond motifs is 1. The fraction of sp³-hybridized carbons (Fsp3) is 0.235. The minimum absolute atomic E-state index is 0.0141. The third-order valence-corrected chi connectivity index (χ3v) is 3.73. The van der Waals surface area contributed by atoms with Gasteiger partial charge in [0.2, 0.25) is 0 Å². The molecule has 0 saturated carbocycles. The smallest absolute Gasteiger partial charge is 0.255 e. The average Bonchev–Trinajstić information content (AvgIpc) is 2.54. The Bertz CT molecular complexity index is 627. The summed E-state index contributed by atoms with van der Waals surface area (Å²) in [6.07, 6.45) is 1.64. The number of carbonyl (C=O) groups is 1. The van der Waals surface area contributed by atoms with E-state index in [0.29, 0.717) is 12.1 Å². The van der Waals surface area contributed by atoms with E-state index >= 15 is 0 Å². The second kappa shape index (κ2) is 5.97. The molecule has 2 aromatic rings. The first-order chi connectivity index (χ1) is 10.3. The molecule has 4 heteroatoms. The van der Waals surface area contributed by atoms with Crippen LogP contribution in [-0.4, -0.2) is 18.6 Å². The first-order valence-electron chi connectivity index (χ1n) is 7.25. The van der Waals surface area contributed by atoms with Crippen molar-refractivity contribution < 1.29 is 4.79 Å². The number of rotatable bonds is 4. The SMILES string of the molecule is NCCCC1NC(=O)c2ccccc2N1c1ccccc1. The van der Waals surface area contributed by atoms with Gasteiger partial charge in [-0.2, -0.15) is 0 Å². The van der Waals surface area contributed by atoms with Crippen LogP contribution in [0.15, 0.2) is 54.6 Å². The van der Waals surface area contributed by atoms with Gasteiger partial charge in [-0.1, -0.05) is 30.3 Å². The third kappa shape index (κ3) is 2.62. The molecule has 108 valence electrons. The Kier molecular flexibility index (Phi) is 3.88. The van der Waals surface area contributed by atoms with E-state index in [0.717, 1.165) is 24.2 Å². The van der Waals surface area contributed by atoms with Crippen LogP contribution in [0.2, 0.25) is 0 Å². The Morgan fingerprint density at radius 1 is 1.05 bits per heavy atom. The minimum atomic E-state index is -0.0571. The highest BCUT2D eigenvalue weighted by molar-refractivity contribution is 6.03. The van der Waals surface area contributed by atoms with Crippen molar-refractivity contribution in [1.29, 1.82) is 0 Å². The van der Waals surface area contributed by atoms with Gasteiger partial charge in [0.25, 0.3) is 5.91 Å². The van der Waals surface area contributed by atoms with Gasteiger partial charge in [0, 0.05) is 5.69 Å². The standard InChI is InChI=1S/C17H19N3O/c18-12-6-11-16-19-17(21)14-9-4-5-10-15(14)20(16)13-7-2-1-3-8-13/h1-5,7-10,16H,6,11-12,18H2,(H,19,21). The number of hydrogen-bond donors (Lipinski definition) is 2. The molecule has 1 aliphatic heterocycles. The van der Waals surface area contributed by atoms with Gasteiger partial charge in [-0.3, -0.25) is 4.79 Å². The number of nitrogens with two attached hydrogens (primary N) is 1. The van der Waals surface area contributed by atoms with Gasteiger partial charge in [0.1, 0.15) is 6.17 Å². The summed E-state index contributed by atoms with van der Waals surface area (Å²) in [7, 11) is 0. The lowest BCUT2D eigenvalue weighted by Crippen LogP contribution is -2.50. The topological polar surface area (TPSA) is 58.4 Å². The highest BCUT2D eigenvalue weighted by atomic mass is 16.2. The molecule has 2 aromatic carbocycles. The molecule has 21 heavy (non-hydrogen) atoms. The lowest BCUT2D eigenvalue weighted by molar-refractivity contribution is 0.0927. The van der Waals surface area contributed by atoms with Crippen LogP contribution in [0.4, 0.5) is 11.4 Å². The number of amides is 1. The summed E-state index contributed by atoms with van der Waals surface area (Å²) in [5.41, 5.74) is 8.37. The quantitative estimate of drug-likeness (QED) is 0.905. The van der Waals surface area contributed by atoms with Crippen molar-refractivity contribution in [3.05, 3.63) is 60.2 Å². The molecule has 1 heterocycles. The summed E-state index contributed by atoms with van der Waals surface area (Å²) in [6, 6.07) is 17.8. The summed E-state index contributed by atoms with van der Waals surface area (Å²) in [4.78, 5) is 14.5. The van der Waals surface area contributed by atoms with E-state index in [2.05, 4.69) is 22.3 Å². The summed E-state index contributed by atoms with van der Waals surface area (Å²) >= 11 is 0. The van der Waals surface area contributed by atoms with Crippen LogP contribution in [0.3, 0.4) is 0 Å². The number of carbonyl (C=O) groups excluding carboxylic acids is 1. The molecule has 3 N–H and O–H groups in total. The number of para-hydroxylation sites is 2. The van der Waals surface area contributed by atoms with Gasteiger partial charge in [-0.15, -0.1) is 0 Å². The zero-order valence-electron chi connectivity index (χ0n) is 11.8. The maximum absolute atomic E-state index is 12.3. The summed E-state index contributed by atoms with van der Waals surface area (Å²) in [5.74, 6) is -0.0141. The fourth-order valence-electron chi connectivity index (χ4n) is 2.76. The van der Waals surface area contributed by atoms with E-state index in [9.17, 15) is 4.79 Å². The van der Waals surface area contributed by atoms with Gasteiger partial charge >= 0.3 is 0 Å². The zero-order chi connectivity index (χ0) is 14.7. The Hall–Kier alpha value is -2.33. The molecule has 0 fully saturated rings. The number of benzene rings is 2. The highest BCUT2D eigenvalue weighted by Gasteiger charge is 2.30. The number of anilines is 2. The first-order valence-corrected chi connectivity index (χ1v) is 7.25. The Balaban J connectivity index is 2.05. The van der Waals surface area contributed by atoms with E-state index in [1.54, 1.807) is 0 Å². The molecule has 0 radical (unpaired) electrons. The van der Waals surface area contributed by atoms with Crippen LogP contribution in [0.25, 0.3) is 0 Å². The van der Waals surface area contributed by atoms with Gasteiger partial charge in [0.05, 0.1) is 11.3 Å². The highest BCUT2D eigenvalue weighted by Crippen LogP contribution is 2.34. The van der Waals surface area contributed by atoms with E-state index in [1.807, 2.05) is 42.5 Å². The Morgan fingerprint density at radius 3 is 2.52 bits per heavy atom. The van der Waals surface area contributed by atoms with Gasteiger partial charge in [-0.25, -0.2) is 0 Å². The van der Waals surface area contributed by atoms with Gasteiger partial charge in [-0.05, 0) is 43.7 Å². The molecular weight excluding hydrogens is 262 g/mol. The molecule has 1 atom stereocenters. The minimum Gasteiger partial charge on any atom is -0.331 e. The Labute approximate surface area is 124 Å². The molecule has 0 saturated heterocycles. The molecule has 4 nitrogen and oxygen atoms in total. The van der Waals surface area contributed by atoms with Crippen molar-refractivity contribution in [2.24, 2.45) is 5.73 Å². The summed E-state index contributed by atoms with van der Waals surface area (Å²) in [5, 5.41) is 3.09. The largest absolute Gasteiger partial charge is 0.331 e. The van der Waals surface area contributed by atoms with Crippen LogP contribution >= 0.6 is 0 Å². The fourth-order valence-corrected chi connectivity index (χ4v) is 2.76. The molecule has 0 aliphatic carbocycles. The third-order valence-electron chi connectivity index (χ3n) is 3.73. The Morgan fingerprint density at radius 2 is 1.76 bits per heavy atom. The summed E-state index contributed by atoms with van der Waals surface area (Å²) in [6.45, 7) is 0.622. The average molecular weight is 281 g/mol. The lowest BCUT2D eigenvalue weighted by atomic mass is 10.0. The van der Waals surface area contributed by atoms with Crippen LogP contribution < -0.4 is 16.0 Å². The first kappa shape index (κ1) is 13.6. The zero-order valence-corrected chi connectivity index (χ0v) is 11.8. The molecule has 0 aromatic heterocycles. The van der Waals surface area contributed by atoms with Crippen molar-refractivity contribution in [2.75, 3.05) is 11.4 Å². The number of nitrogens with zero attached hydrogens (tertiary/aromatic N) is 1. The van der Waals surface area contributed by atoms with Gasteiger partial charge < -0.3 is 16.0 Å². The number of nitrogens with one attached hydrogen (secondary N) is 1. The molecule has 1 aliphatic rings. The van der Waals surface area contributed by atoms with Crippen LogP contribution in [0, 0.1) is 0 Å². The molecular formula is C17H19N3O. The summed E-state index contributed by atoms with van der Waals surface area (Å²) < 4.78 is 0. The van der Waals surface area contributed by atoms with Crippen molar-refractivity contribution in [3.63, 3.8) is 0 Å². The van der Waals surface area contributed by atoms with Crippen molar-refractivity contribution in [2.45, 2.75) is 19.0 Å². The van der Waals surface area contributed by atoms with Crippen LogP contribution in [0.5, 0.6) is 0 Å². The molecule has 1 unspecified atom stereocenters. The van der Waals surface area contributed by atoms with Crippen LogP contribution in [0.1, 0.15) is 23.2 Å². The van der Waals surface area contributed by atoms with Crippen LogP contribution in [-0.2, 0) is 0 Å². The predicted molar refractivity (Wildman–Crippen MR) is 84.6 cm³/mol. The molecule has 3 rings (SSSR count). The van der Waals surface area contributed by atoms with E-state index in [-0.39, 0.29) is 12.1 Å². The van der Waals surface area contributed by atoms with E-state index in [1.165, 1.54) is 0 Å². The molecule has 1 amide bonds. The van der Waals surface area contributed by atoms with Crippen molar-refractivity contribution in [3.8, 4) is 0 Å². The monoisotopic (exact) mass is 281 g/mol. The molecule has 0 spiro atoms. The van der Waals surface area contributed by atoms with Crippen molar-refractivity contribution in [1.82, 2.24) is 5.32 Å². The predicted octanol–water partition coefficient (Wildman–Crippen LogP) is 2.63. The lowest BCUT2D eigenvalue weighted by Gasteiger charge is -2.39. The number of hydrogen-bond acceptors (Lipinski definition) is 3. The van der Waals surface area contributed by atoms with Gasteiger partial charge in [0.15, 0.2) is 0 Å². The van der Waals surface area contributed by atoms with Crippen molar-refractivity contribution >= 4 is 17.3 Å². The maximum atomic E-state index is 12.3. The van der Waals surface area contributed by atoms with E-state index in [4.69, 9.17) is 5.73 Å². The second-order valence-corrected chi connectivity index (χ2v) is 5.14. The second-order valence-electron chi connectivity index (χ2n) is 5.14. The van der Waals surface area contributed by atoms with E-state index < -0.39 is 0 Å².